The zero-order valence-electron chi connectivity index (χ0n) is 11.5. The molecule has 1 aromatic rings. The number of benzene rings is 1. The van der Waals surface area contributed by atoms with Gasteiger partial charge < -0.3 is 5.32 Å². The summed E-state index contributed by atoms with van der Waals surface area (Å²) in [6.45, 7) is 6.96. The van der Waals surface area contributed by atoms with Gasteiger partial charge in [-0.3, -0.25) is 4.90 Å². The lowest BCUT2D eigenvalue weighted by Gasteiger charge is -2.36. The van der Waals surface area contributed by atoms with Crippen molar-refractivity contribution in [2.75, 3.05) is 26.2 Å². The molecule has 2 aliphatic rings. The van der Waals surface area contributed by atoms with Gasteiger partial charge in [0.15, 0.2) is 0 Å². The summed E-state index contributed by atoms with van der Waals surface area (Å²) in [7, 11) is 0. The maximum absolute atomic E-state index is 3.45. The average Bonchev–Trinajstić information content (AvgIpc) is 3.18. The van der Waals surface area contributed by atoms with Crippen molar-refractivity contribution in [1.29, 1.82) is 0 Å². The standard InChI is InChI=1S/C15H22N2.2ClH/c1-12-4-2-3-5-14(12)15(13-6-7-13)17-10-8-16-9-11-17;;/h2-5,13,15-16H,6-11H2,1H3;2*1H/t15-;;/m1../s1. The van der Waals surface area contributed by atoms with E-state index in [9.17, 15) is 0 Å². The second-order valence-corrected chi connectivity index (χ2v) is 5.42. The first-order chi connectivity index (χ1) is 8.36. The number of nitrogens with one attached hydrogen (secondary N) is 1. The molecule has 1 saturated heterocycles. The molecule has 2 nitrogen and oxygen atoms in total. The van der Waals surface area contributed by atoms with E-state index in [0.29, 0.717) is 6.04 Å². The zero-order chi connectivity index (χ0) is 11.7. The van der Waals surface area contributed by atoms with E-state index in [-0.39, 0.29) is 24.8 Å². The van der Waals surface area contributed by atoms with Gasteiger partial charge in [0.05, 0.1) is 0 Å². The van der Waals surface area contributed by atoms with Crippen LogP contribution in [0.2, 0.25) is 0 Å². The van der Waals surface area contributed by atoms with Crippen molar-refractivity contribution in [2.24, 2.45) is 5.92 Å². The number of hydrogen-bond donors (Lipinski definition) is 1. The molecular weight excluding hydrogens is 279 g/mol. The Morgan fingerprint density at radius 1 is 1.11 bits per heavy atom. The number of nitrogens with zero attached hydrogens (tertiary/aromatic N) is 1. The maximum atomic E-state index is 3.45. The Morgan fingerprint density at radius 3 is 2.32 bits per heavy atom. The molecule has 1 N–H and O–H groups in total. The van der Waals surface area contributed by atoms with E-state index in [2.05, 4.69) is 41.4 Å². The number of rotatable bonds is 3. The van der Waals surface area contributed by atoms with Crippen molar-refractivity contribution in [1.82, 2.24) is 10.2 Å². The summed E-state index contributed by atoms with van der Waals surface area (Å²) in [5, 5.41) is 3.45. The van der Waals surface area contributed by atoms with Crippen LogP contribution in [-0.4, -0.2) is 31.1 Å². The van der Waals surface area contributed by atoms with Crippen LogP contribution in [0.3, 0.4) is 0 Å². The van der Waals surface area contributed by atoms with Crippen LogP contribution in [0, 0.1) is 12.8 Å². The van der Waals surface area contributed by atoms with E-state index in [1.54, 1.807) is 5.56 Å². The Morgan fingerprint density at radius 2 is 1.74 bits per heavy atom. The van der Waals surface area contributed by atoms with Gasteiger partial charge in [-0.2, -0.15) is 0 Å². The molecule has 1 aromatic carbocycles. The van der Waals surface area contributed by atoms with Gasteiger partial charge in [0.1, 0.15) is 0 Å². The Balaban J connectivity index is 0.000000902. The summed E-state index contributed by atoms with van der Waals surface area (Å²) in [6.07, 6.45) is 2.84. The van der Waals surface area contributed by atoms with Crippen LogP contribution >= 0.6 is 24.8 Å². The number of halogens is 2. The highest BCUT2D eigenvalue weighted by molar-refractivity contribution is 5.85. The maximum Gasteiger partial charge on any atom is 0.0379 e. The third-order valence-electron chi connectivity index (χ3n) is 4.12. The summed E-state index contributed by atoms with van der Waals surface area (Å²) in [6, 6.07) is 9.62. The third kappa shape index (κ3) is 3.85. The molecule has 0 aromatic heterocycles. The van der Waals surface area contributed by atoms with Gasteiger partial charge in [0, 0.05) is 32.2 Å². The molecule has 1 heterocycles. The van der Waals surface area contributed by atoms with Crippen LogP contribution in [0.25, 0.3) is 0 Å². The lowest BCUT2D eigenvalue weighted by atomic mass is 9.95. The number of piperazine rings is 1. The average molecular weight is 303 g/mol. The molecule has 108 valence electrons. The zero-order valence-corrected chi connectivity index (χ0v) is 13.1. The molecule has 4 heteroatoms. The fourth-order valence-corrected chi connectivity index (χ4v) is 3.04. The van der Waals surface area contributed by atoms with Crippen molar-refractivity contribution < 1.29 is 0 Å². The fraction of sp³-hybridized carbons (Fsp3) is 0.600. The molecule has 0 bridgehead atoms. The van der Waals surface area contributed by atoms with Crippen LogP contribution in [-0.2, 0) is 0 Å². The summed E-state index contributed by atoms with van der Waals surface area (Å²) in [5.41, 5.74) is 3.03. The minimum atomic E-state index is 0. The van der Waals surface area contributed by atoms with E-state index in [1.165, 1.54) is 31.5 Å². The second kappa shape index (κ2) is 7.49. The van der Waals surface area contributed by atoms with Crippen LogP contribution in [0.4, 0.5) is 0 Å². The first-order valence-corrected chi connectivity index (χ1v) is 6.86. The Kier molecular flexibility index (Phi) is 6.61. The molecule has 1 aliphatic heterocycles. The van der Waals surface area contributed by atoms with Gasteiger partial charge in [0.2, 0.25) is 0 Å². The van der Waals surface area contributed by atoms with E-state index >= 15 is 0 Å². The highest BCUT2D eigenvalue weighted by Crippen LogP contribution is 2.45. The first-order valence-electron chi connectivity index (χ1n) is 6.86. The van der Waals surface area contributed by atoms with Crippen LogP contribution in [0.15, 0.2) is 24.3 Å². The van der Waals surface area contributed by atoms with Gasteiger partial charge in [-0.1, -0.05) is 24.3 Å². The number of aryl methyl sites for hydroxylation is 1. The molecule has 0 unspecified atom stereocenters. The lowest BCUT2D eigenvalue weighted by Crippen LogP contribution is -2.45. The fourth-order valence-electron chi connectivity index (χ4n) is 3.04. The first kappa shape index (κ1) is 16.8. The second-order valence-electron chi connectivity index (χ2n) is 5.42. The van der Waals surface area contributed by atoms with Crippen molar-refractivity contribution in [3.8, 4) is 0 Å². The summed E-state index contributed by atoms with van der Waals surface area (Å²) in [4.78, 5) is 2.69. The van der Waals surface area contributed by atoms with E-state index in [1.807, 2.05) is 0 Å². The quantitative estimate of drug-likeness (QED) is 0.922. The molecule has 1 saturated carbocycles. The van der Waals surface area contributed by atoms with Crippen molar-refractivity contribution in [3.05, 3.63) is 35.4 Å². The molecule has 0 amide bonds. The number of hydrogen-bond acceptors (Lipinski definition) is 2. The van der Waals surface area contributed by atoms with Gasteiger partial charge in [0.25, 0.3) is 0 Å². The molecule has 3 rings (SSSR count). The topological polar surface area (TPSA) is 15.3 Å². The van der Waals surface area contributed by atoms with Crippen molar-refractivity contribution in [3.63, 3.8) is 0 Å². The molecule has 2 fully saturated rings. The molecule has 0 radical (unpaired) electrons. The largest absolute Gasteiger partial charge is 0.314 e. The molecule has 1 atom stereocenters. The molecule has 0 spiro atoms. The van der Waals surface area contributed by atoms with Gasteiger partial charge in [-0.05, 0) is 36.8 Å². The third-order valence-corrected chi connectivity index (χ3v) is 4.12. The van der Waals surface area contributed by atoms with Crippen molar-refractivity contribution >= 4 is 24.8 Å². The smallest absolute Gasteiger partial charge is 0.0379 e. The van der Waals surface area contributed by atoms with Gasteiger partial charge in [-0.15, -0.1) is 24.8 Å². The SMILES string of the molecule is Cc1ccccc1[C@@H](C1CC1)N1CCNCC1.Cl.Cl. The summed E-state index contributed by atoms with van der Waals surface area (Å²) < 4.78 is 0. The van der Waals surface area contributed by atoms with Crippen molar-refractivity contribution in [2.45, 2.75) is 25.8 Å². The summed E-state index contributed by atoms with van der Waals surface area (Å²) in [5.74, 6) is 0.911. The van der Waals surface area contributed by atoms with Crippen LogP contribution < -0.4 is 5.32 Å². The van der Waals surface area contributed by atoms with Crippen LogP contribution in [0.1, 0.15) is 30.0 Å². The highest BCUT2D eigenvalue weighted by atomic mass is 35.5. The Bertz CT molecular complexity index is 387. The van der Waals surface area contributed by atoms with Crippen LogP contribution in [0.5, 0.6) is 0 Å². The van der Waals surface area contributed by atoms with E-state index in [0.717, 1.165) is 19.0 Å². The monoisotopic (exact) mass is 302 g/mol. The Labute approximate surface area is 128 Å². The van der Waals surface area contributed by atoms with Gasteiger partial charge in [-0.25, -0.2) is 0 Å². The summed E-state index contributed by atoms with van der Waals surface area (Å²) >= 11 is 0. The highest BCUT2D eigenvalue weighted by Gasteiger charge is 2.37. The predicted molar refractivity (Wildman–Crippen MR) is 85.6 cm³/mol. The Hall–Kier alpha value is -0.280. The minimum Gasteiger partial charge on any atom is -0.314 e. The lowest BCUT2D eigenvalue weighted by molar-refractivity contribution is 0.155. The van der Waals surface area contributed by atoms with E-state index < -0.39 is 0 Å². The molecule has 19 heavy (non-hydrogen) atoms. The van der Waals surface area contributed by atoms with Gasteiger partial charge >= 0.3 is 0 Å². The molecular formula is C15H24Cl2N2. The predicted octanol–water partition coefficient (Wildman–Crippen LogP) is 3.19. The normalized spacial score (nSPS) is 21.1. The minimum absolute atomic E-state index is 0. The van der Waals surface area contributed by atoms with E-state index in [4.69, 9.17) is 0 Å². The molecule has 1 aliphatic carbocycles.